The van der Waals surface area contributed by atoms with Gasteiger partial charge >= 0.3 is 0 Å². The van der Waals surface area contributed by atoms with Crippen LogP contribution in [0, 0.1) is 0 Å². The van der Waals surface area contributed by atoms with Crippen LogP contribution in [0.4, 0.5) is 0 Å². The molecule has 120 valence electrons. The number of hydrogen-bond acceptors (Lipinski definition) is 4. The highest BCUT2D eigenvalue weighted by Gasteiger charge is 2.19. The molecule has 2 aromatic carbocycles. The molecule has 0 spiro atoms. The van der Waals surface area contributed by atoms with E-state index in [-0.39, 0.29) is 26.3 Å². The molecule has 0 saturated carbocycles. The summed E-state index contributed by atoms with van der Waals surface area (Å²) in [6.07, 6.45) is 0. The normalized spacial score (nSPS) is 11.1. The number of nitrogens with one attached hydrogen (secondary N) is 1. The van der Waals surface area contributed by atoms with Gasteiger partial charge in [-0.05, 0) is 37.3 Å². The lowest BCUT2D eigenvalue weighted by Gasteiger charge is -2.08. The van der Waals surface area contributed by atoms with Crippen LogP contribution in [0.5, 0.6) is 0 Å². The van der Waals surface area contributed by atoms with Crippen molar-refractivity contribution in [1.82, 2.24) is 4.72 Å². The number of rotatable bonds is 4. The highest BCUT2D eigenvalue weighted by molar-refractivity contribution is 7.90. The number of carbonyl (C=O) groups excluding carboxylic acids is 2. The van der Waals surface area contributed by atoms with Gasteiger partial charge in [-0.3, -0.25) is 9.59 Å². The van der Waals surface area contributed by atoms with Gasteiger partial charge in [0, 0.05) is 21.2 Å². The fraction of sp³-hybridized carbons (Fsp3) is 0.0667. The van der Waals surface area contributed by atoms with E-state index in [0.717, 1.165) is 0 Å². The fourth-order valence-corrected chi connectivity index (χ4v) is 3.29. The van der Waals surface area contributed by atoms with Gasteiger partial charge in [-0.1, -0.05) is 35.3 Å². The molecule has 0 fully saturated rings. The topological polar surface area (TPSA) is 80.3 Å². The molecule has 5 nitrogen and oxygen atoms in total. The lowest BCUT2D eigenvalue weighted by atomic mass is 10.2. The Balaban J connectivity index is 2.26. The first-order valence-electron chi connectivity index (χ1n) is 6.33. The Hall–Kier alpha value is -1.89. The van der Waals surface area contributed by atoms with E-state index in [0.29, 0.717) is 5.56 Å². The summed E-state index contributed by atoms with van der Waals surface area (Å²) in [6.45, 7) is 1.37. The van der Waals surface area contributed by atoms with E-state index in [2.05, 4.69) is 0 Å². The highest BCUT2D eigenvalue weighted by Crippen LogP contribution is 2.19. The minimum atomic E-state index is -4.07. The molecule has 0 aliphatic carbocycles. The Kier molecular flexibility index (Phi) is 5.09. The average molecular weight is 372 g/mol. The van der Waals surface area contributed by atoms with E-state index in [4.69, 9.17) is 23.2 Å². The van der Waals surface area contributed by atoms with Gasteiger partial charge in [0.15, 0.2) is 5.78 Å². The molecule has 0 radical (unpaired) electrons. The van der Waals surface area contributed by atoms with E-state index >= 15 is 0 Å². The van der Waals surface area contributed by atoms with Crippen molar-refractivity contribution in [3.05, 3.63) is 63.6 Å². The third kappa shape index (κ3) is 4.31. The first-order chi connectivity index (χ1) is 10.7. The number of benzene rings is 2. The van der Waals surface area contributed by atoms with Crippen molar-refractivity contribution in [3.63, 3.8) is 0 Å². The van der Waals surface area contributed by atoms with Gasteiger partial charge in [0.05, 0.1) is 4.90 Å². The van der Waals surface area contributed by atoms with Crippen molar-refractivity contribution in [2.45, 2.75) is 11.8 Å². The van der Waals surface area contributed by atoms with Gasteiger partial charge in [-0.15, -0.1) is 0 Å². The van der Waals surface area contributed by atoms with Crippen molar-refractivity contribution >= 4 is 44.9 Å². The maximum absolute atomic E-state index is 12.2. The average Bonchev–Trinajstić information content (AvgIpc) is 2.46. The van der Waals surface area contributed by atoms with E-state index in [9.17, 15) is 18.0 Å². The van der Waals surface area contributed by atoms with E-state index in [1.807, 2.05) is 4.72 Å². The van der Waals surface area contributed by atoms with E-state index in [1.54, 1.807) is 0 Å². The van der Waals surface area contributed by atoms with Crippen LogP contribution in [-0.2, 0) is 10.0 Å². The van der Waals surface area contributed by atoms with Crippen LogP contribution >= 0.6 is 23.2 Å². The minimum Gasteiger partial charge on any atom is -0.295 e. The lowest BCUT2D eigenvalue weighted by Crippen LogP contribution is -2.30. The maximum atomic E-state index is 12.2. The van der Waals surface area contributed by atoms with E-state index < -0.39 is 15.9 Å². The zero-order valence-electron chi connectivity index (χ0n) is 11.8. The number of hydrogen-bond donors (Lipinski definition) is 1. The molecule has 1 amide bonds. The van der Waals surface area contributed by atoms with Gasteiger partial charge in [0.2, 0.25) is 0 Å². The monoisotopic (exact) mass is 371 g/mol. The van der Waals surface area contributed by atoms with Crippen LogP contribution in [0.1, 0.15) is 27.6 Å². The Morgan fingerprint density at radius 2 is 1.43 bits per heavy atom. The van der Waals surface area contributed by atoms with E-state index in [1.165, 1.54) is 49.4 Å². The Bertz CT molecular complexity index is 857. The maximum Gasteiger partial charge on any atom is 0.265 e. The van der Waals surface area contributed by atoms with Crippen molar-refractivity contribution in [2.75, 3.05) is 0 Å². The third-order valence-electron chi connectivity index (χ3n) is 2.92. The first-order valence-corrected chi connectivity index (χ1v) is 8.57. The molecule has 0 aromatic heterocycles. The second kappa shape index (κ2) is 6.70. The van der Waals surface area contributed by atoms with Crippen LogP contribution in [0.3, 0.4) is 0 Å². The van der Waals surface area contributed by atoms with Crippen LogP contribution in [0.25, 0.3) is 0 Å². The van der Waals surface area contributed by atoms with Crippen LogP contribution in [0.15, 0.2) is 47.4 Å². The number of carbonyl (C=O) groups is 2. The number of sulfonamides is 1. The number of ketones is 1. The first kappa shape index (κ1) is 17.5. The molecular formula is C15H11Cl2NO4S. The Morgan fingerprint density at radius 1 is 0.913 bits per heavy atom. The van der Waals surface area contributed by atoms with Crippen LogP contribution in [0.2, 0.25) is 10.0 Å². The zero-order valence-corrected chi connectivity index (χ0v) is 14.2. The molecule has 0 aliphatic rings. The highest BCUT2D eigenvalue weighted by atomic mass is 35.5. The summed E-state index contributed by atoms with van der Waals surface area (Å²) < 4.78 is 26.3. The molecule has 0 bridgehead atoms. The summed E-state index contributed by atoms with van der Waals surface area (Å²) in [5.74, 6) is -1.04. The standard InChI is InChI=1S/C15H11Cl2NO4S/c1-9(19)10-2-4-14(5-3-10)23(21,22)18-15(20)11-6-12(16)8-13(17)7-11/h2-8H,1H3,(H,18,20). The summed E-state index contributed by atoms with van der Waals surface area (Å²) in [5.41, 5.74) is 0.392. The molecule has 0 unspecified atom stereocenters. The fourth-order valence-electron chi connectivity index (χ4n) is 1.79. The zero-order chi connectivity index (χ0) is 17.2. The smallest absolute Gasteiger partial charge is 0.265 e. The lowest BCUT2D eigenvalue weighted by molar-refractivity contribution is 0.0979. The van der Waals surface area contributed by atoms with Gasteiger partial charge in [0.1, 0.15) is 0 Å². The molecule has 0 aliphatic heterocycles. The molecule has 0 heterocycles. The molecule has 0 saturated heterocycles. The summed E-state index contributed by atoms with van der Waals surface area (Å²) in [5, 5.41) is 0.428. The summed E-state index contributed by atoms with van der Waals surface area (Å²) >= 11 is 11.6. The summed E-state index contributed by atoms with van der Waals surface area (Å²) in [4.78, 5) is 23.1. The van der Waals surface area contributed by atoms with Gasteiger partial charge in [-0.25, -0.2) is 13.1 Å². The minimum absolute atomic E-state index is 0.0198. The summed E-state index contributed by atoms with van der Waals surface area (Å²) in [6, 6.07) is 9.27. The number of halogens is 2. The largest absolute Gasteiger partial charge is 0.295 e. The van der Waals surface area contributed by atoms with Crippen LogP contribution < -0.4 is 4.72 Å². The predicted octanol–water partition coefficient (Wildman–Crippen LogP) is 3.31. The molecule has 23 heavy (non-hydrogen) atoms. The van der Waals surface area contributed by atoms with Gasteiger partial charge < -0.3 is 0 Å². The van der Waals surface area contributed by atoms with Crippen LogP contribution in [-0.4, -0.2) is 20.1 Å². The molecule has 1 N–H and O–H groups in total. The van der Waals surface area contributed by atoms with Crippen molar-refractivity contribution < 1.29 is 18.0 Å². The van der Waals surface area contributed by atoms with Gasteiger partial charge in [0.25, 0.3) is 15.9 Å². The van der Waals surface area contributed by atoms with Crippen molar-refractivity contribution in [3.8, 4) is 0 Å². The predicted molar refractivity (Wildman–Crippen MR) is 87.6 cm³/mol. The molecule has 8 heteroatoms. The molecule has 2 aromatic rings. The second-order valence-corrected chi connectivity index (χ2v) is 7.23. The third-order valence-corrected chi connectivity index (χ3v) is 4.71. The quantitative estimate of drug-likeness (QED) is 0.835. The Labute approximate surface area is 143 Å². The molecule has 0 atom stereocenters. The SMILES string of the molecule is CC(=O)c1ccc(S(=O)(=O)NC(=O)c2cc(Cl)cc(Cl)c2)cc1. The van der Waals surface area contributed by atoms with Crippen molar-refractivity contribution in [2.24, 2.45) is 0 Å². The number of amides is 1. The number of Topliss-reactive ketones (excluding diaryl/α,β-unsaturated/α-hetero) is 1. The second-order valence-electron chi connectivity index (χ2n) is 4.67. The van der Waals surface area contributed by atoms with Gasteiger partial charge in [-0.2, -0.15) is 0 Å². The Morgan fingerprint density at radius 3 is 1.91 bits per heavy atom. The summed E-state index contributed by atoms with van der Waals surface area (Å²) in [7, 11) is -4.07. The van der Waals surface area contributed by atoms with Crippen molar-refractivity contribution in [1.29, 1.82) is 0 Å². The molecule has 2 rings (SSSR count). The molecular weight excluding hydrogens is 361 g/mol.